The zero-order valence-corrected chi connectivity index (χ0v) is 21.7. The smallest absolute Gasteiger partial charge is 0.406 e. The lowest BCUT2D eigenvalue weighted by Crippen LogP contribution is -2.43. The summed E-state index contributed by atoms with van der Waals surface area (Å²) in [5.41, 5.74) is 1.09. The summed E-state index contributed by atoms with van der Waals surface area (Å²) >= 11 is 0. The number of alkyl halides is 3. The van der Waals surface area contributed by atoms with Crippen LogP contribution in [0.1, 0.15) is 36.4 Å². The fourth-order valence-corrected chi connectivity index (χ4v) is 6.53. The van der Waals surface area contributed by atoms with E-state index in [4.69, 9.17) is 0 Å². The summed E-state index contributed by atoms with van der Waals surface area (Å²) in [6, 6.07) is 9.24. The summed E-state index contributed by atoms with van der Waals surface area (Å²) < 4.78 is 67.5. The molecule has 2 aromatic carbocycles. The van der Waals surface area contributed by atoms with Crippen molar-refractivity contribution in [3.63, 3.8) is 0 Å². The van der Waals surface area contributed by atoms with Gasteiger partial charge in [0, 0.05) is 25.7 Å². The number of carbonyl (C=O) groups excluding carboxylic acids is 2. The van der Waals surface area contributed by atoms with Gasteiger partial charge < -0.3 is 20.1 Å². The first-order valence-corrected chi connectivity index (χ1v) is 14.3. The number of likely N-dealkylation sites (tertiary alicyclic amines) is 1. The molecule has 0 spiro atoms. The largest absolute Gasteiger partial charge is 0.573 e. The fraction of sp³-hybridized carbons (Fsp3) is 0.462. The van der Waals surface area contributed by atoms with Crippen molar-refractivity contribution in [2.75, 3.05) is 30.7 Å². The number of β-amino-alcohol motifs (C(OH)–C–C–N with tert-alkyl or cyclic N) is 1. The first-order valence-electron chi connectivity index (χ1n) is 12.6. The van der Waals surface area contributed by atoms with Gasteiger partial charge >= 0.3 is 6.36 Å². The number of benzene rings is 2. The minimum atomic E-state index is -4.87. The molecule has 1 unspecified atom stereocenters. The van der Waals surface area contributed by atoms with E-state index >= 15 is 0 Å². The van der Waals surface area contributed by atoms with Gasteiger partial charge in [-0.2, -0.15) is 0 Å². The summed E-state index contributed by atoms with van der Waals surface area (Å²) in [6.07, 6.45) is -3.45. The average molecular weight is 568 g/mol. The minimum absolute atomic E-state index is 0.00991. The molecule has 2 aliphatic heterocycles. The van der Waals surface area contributed by atoms with Crippen LogP contribution < -0.4 is 10.1 Å². The Labute approximate surface area is 223 Å². The molecule has 2 amide bonds. The lowest BCUT2D eigenvalue weighted by molar-refractivity contribution is -0.274. The molecule has 2 aromatic rings. The first-order chi connectivity index (χ1) is 18.4. The number of fused-ring (bicyclic) bond motifs is 1. The van der Waals surface area contributed by atoms with Crippen molar-refractivity contribution in [2.45, 2.75) is 55.1 Å². The third-order valence-corrected chi connectivity index (χ3v) is 8.72. The molecule has 2 atom stereocenters. The standard InChI is InChI=1S/C26H28F3N3O6S/c27-26(28,29)38-20-3-1-2-17(12-20)22(14-31-9-8-19(33)13-31)32(18-5-6-18)25(35)11-16-4-7-23-21(10-16)30-24(34)15-39(23,36)37/h1-4,7,10,12,18-19,22,33H,5-6,8-9,11,13-15H2,(H,30,34)/t19-,22?/m0/s1. The highest BCUT2D eigenvalue weighted by atomic mass is 32.2. The molecule has 2 heterocycles. The highest BCUT2D eigenvalue weighted by Gasteiger charge is 2.40. The first kappa shape index (κ1) is 27.4. The van der Waals surface area contributed by atoms with Crippen molar-refractivity contribution in [3.05, 3.63) is 53.6 Å². The molecule has 1 aliphatic carbocycles. The highest BCUT2D eigenvalue weighted by molar-refractivity contribution is 7.92. The maximum absolute atomic E-state index is 13.8. The highest BCUT2D eigenvalue weighted by Crippen LogP contribution is 2.38. The molecule has 3 aliphatic rings. The summed E-state index contributed by atoms with van der Waals surface area (Å²) in [6.45, 7) is 1.29. The Bertz CT molecular complexity index is 1380. The van der Waals surface area contributed by atoms with Gasteiger partial charge in [0.25, 0.3) is 0 Å². The van der Waals surface area contributed by atoms with Crippen LogP contribution in [0, 0.1) is 0 Å². The van der Waals surface area contributed by atoms with Crippen LogP contribution in [0.4, 0.5) is 18.9 Å². The Kier molecular flexibility index (Phi) is 7.33. The number of rotatable bonds is 8. The molecule has 0 bridgehead atoms. The molecule has 9 nitrogen and oxygen atoms in total. The summed E-state index contributed by atoms with van der Waals surface area (Å²) in [5.74, 6) is -1.97. The molecule has 5 rings (SSSR count). The number of sulfone groups is 1. The van der Waals surface area contributed by atoms with E-state index in [1.165, 1.54) is 36.4 Å². The molecule has 0 aromatic heterocycles. The van der Waals surface area contributed by atoms with Crippen LogP contribution in [0.15, 0.2) is 47.4 Å². The number of anilines is 1. The molecule has 1 saturated heterocycles. The minimum Gasteiger partial charge on any atom is -0.406 e. The van der Waals surface area contributed by atoms with Gasteiger partial charge in [-0.25, -0.2) is 8.42 Å². The number of nitrogens with zero attached hydrogens (tertiary/aromatic N) is 2. The van der Waals surface area contributed by atoms with Crippen molar-refractivity contribution in [3.8, 4) is 5.75 Å². The Morgan fingerprint density at radius 1 is 1.18 bits per heavy atom. The number of halogens is 3. The van der Waals surface area contributed by atoms with Gasteiger partial charge in [-0.05, 0) is 54.7 Å². The quantitative estimate of drug-likeness (QED) is 0.504. The Hall–Kier alpha value is -3.16. The number of nitrogens with one attached hydrogen (secondary N) is 1. The molecular formula is C26H28F3N3O6S. The van der Waals surface area contributed by atoms with E-state index in [1.807, 2.05) is 4.90 Å². The van der Waals surface area contributed by atoms with Crippen LogP contribution in [0.2, 0.25) is 0 Å². The van der Waals surface area contributed by atoms with E-state index in [1.54, 1.807) is 11.0 Å². The summed E-state index contributed by atoms with van der Waals surface area (Å²) in [7, 11) is -3.77. The van der Waals surface area contributed by atoms with Crippen molar-refractivity contribution >= 4 is 27.3 Å². The number of ether oxygens (including phenoxy) is 1. The lowest BCUT2D eigenvalue weighted by atomic mass is 10.0. The Balaban J connectivity index is 1.44. The normalized spacial score (nSPS) is 21.6. The van der Waals surface area contributed by atoms with Crippen LogP contribution in [0.25, 0.3) is 0 Å². The zero-order chi connectivity index (χ0) is 27.9. The number of hydrogen-bond acceptors (Lipinski definition) is 7. The van der Waals surface area contributed by atoms with E-state index in [9.17, 15) is 36.3 Å². The predicted octanol–water partition coefficient (Wildman–Crippen LogP) is 2.65. The van der Waals surface area contributed by atoms with E-state index in [0.717, 1.165) is 12.8 Å². The maximum Gasteiger partial charge on any atom is 0.573 e. The van der Waals surface area contributed by atoms with Crippen LogP contribution in [-0.2, 0) is 25.8 Å². The number of amides is 2. The molecule has 39 heavy (non-hydrogen) atoms. The molecule has 2 fully saturated rings. The van der Waals surface area contributed by atoms with Crippen LogP contribution in [0.5, 0.6) is 5.75 Å². The number of hydrogen-bond donors (Lipinski definition) is 2. The second kappa shape index (κ2) is 10.4. The van der Waals surface area contributed by atoms with E-state index in [0.29, 0.717) is 37.2 Å². The zero-order valence-electron chi connectivity index (χ0n) is 20.9. The molecule has 210 valence electrons. The third kappa shape index (κ3) is 6.53. The number of carbonyl (C=O) groups is 2. The maximum atomic E-state index is 13.8. The van der Waals surface area contributed by atoms with Gasteiger partial charge in [-0.1, -0.05) is 18.2 Å². The van der Waals surface area contributed by atoms with Crippen LogP contribution >= 0.6 is 0 Å². The molecule has 1 saturated carbocycles. The number of aliphatic hydroxyl groups is 1. The Morgan fingerprint density at radius 2 is 1.95 bits per heavy atom. The summed E-state index contributed by atoms with van der Waals surface area (Å²) in [4.78, 5) is 29.3. The molecule has 2 N–H and O–H groups in total. The van der Waals surface area contributed by atoms with Gasteiger partial charge in [-0.3, -0.25) is 14.5 Å². The fourth-order valence-electron chi connectivity index (χ4n) is 5.24. The predicted molar refractivity (Wildman–Crippen MR) is 134 cm³/mol. The molecular weight excluding hydrogens is 539 g/mol. The second-order valence-electron chi connectivity index (χ2n) is 10.2. The van der Waals surface area contributed by atoms with Crippen LogP contribution in [-0.4, -0.2) is 79.0 Å². The van der Waals surface area contributed by atoms with Crippen molar-refractivity contribution in [2.24, 2.45) is 0 Å². The van der Waals surface area contributed by atoms with Crippen LogP contribution in [0.3, 0.4) is 0 Å². The molecule has 13 heteroatoms. The van der Waals surface area contributed by atoms with Gasteiger partial charge in [0.1, 0.15) is 11.5 Å². The van der Waals surface area contributed by atoms with Gasteiger partial charge in [0.05, 0.1) is 29.1 Å². The van der Waals surface area contributed by atoms with Gasteiger partial charge in [0.15, 0.2) is 9.84 Å². The number of aliphatic hydroxyl groups excluding tert-OH is 1. The van der Waals surface area contributed by atoms with E-state index in [2.05, 4.69) is 10.1 Å². The van der Waals surface area contributed by atoms with E-state index < -0.39 is 40.0 Å². The lowest BCUT2D eigenvalue weighted by Gasteiger charge is -2.35. The monoisotopic (exact) mass is 567 g/mol. The van der Waals surface area contributed by atoms with Crippen molar-refractivity contribution in [1.29, 1.82) is 0 Å². The van der Waals surface area contributed by atoms with Crippen molar-refractivity contribution < 1.29 is 41.0 Å². The third-order valence-electron chi connectivity index (χ3n) is 7.05. The molecule has 0 radical (unpaired) electrons. The van der Waals surface area contributed by atoms with Crippen molar-refractivity contribution in [1.82, 2.24) is 9.80 Å². The van der Waals surface area contributed by atoms with Gasteiger partial charge in [-0.15, -0.1) is 13.2 Å². The SMILES string of the molecule is O=C1CS(=O)(=O)c2ccc(CC(=O)N(C3CC3)C(CN3CC[C@H](O)C3)c3cccc(OC(F)(F)F)c3)cc2N1. The summed E-state index contributed by atoms with van der Waals surface area (Å²) in [5, 5.41) is 12.6. The Morgan fingerprint density at radius 3 is 2.62 bits per heavy atom. The second-order valence-corrected chi connectivity index (χ2v) is 12.1. The average Bonchev–Trinajstić information content (AvgIpc) is 3.57. The topological polar surface area (TPSA) is 116 Å². The van der Waals surface area contributed by atoms with Gasteiger partial charge in [0.2, 0.25) is 11.8 Å². The van der Waals surface area contributed by atoms with E-state index in [-0.39, 0.29) is 34.7 Å².